The summed E-state index contributed by atoms with van der Waals surface area (Å²) in [6.45, 7) is 3.03. The second-order valence-corrected chi connectivity index (χ2v) is 4.41. The zero-order chi connectivity index (χ0) is 10.4. The zero-order valence-corrected chi connectivity index (χ0v) is 10.3. The van der Waals surface area contributed by atoms with Gasteiger partial charge < -0.3 is 5.73 Å². The molecule has 2 N–H and O–H groups in total. The van der Waals surface area contributed by atoms with E-state index in [1.54, 1.807) is 0 Å². The maximum atomic E-state index is 5.54. The van der Waals surface area contributed by atoms with E-state index >= 15 is 0 Å². The molecule has 0 fully saturated rings. The minimum Gasteiger partial charge on any atom is -0.330 e. The van der Waals surface area contributed by atoms with Gasteiger partial charge in [-0.1, -0.05) is 41.1 Å². The Morgan fingerprint density at radius 1 is 1.36 bits per heavy atom. The normalized spacial score (nSPS) is 12.8. The molecule has 0 aliphatic carbocycles. The van der Waals surface area contributed by atoms with Crippen LogP contribution in [0.3, 0.4) is 0 Å². The summed E-state index contributed by atoms with van der Waals surface area (Å²) in [5, 5.41) is 0. The Hall–Kier alpha value is -0.340. The molecule has 0 bridgehead atoms. The molecular weight excluding hydrogens is 238 g/mol. The van der Waals surface area contributed by atoms with Crippen LogP contribution >= 0.6 is 15.9 Å². The van der Waals surface area contributed by atoms with Crippen LogP contribution in [0.4, 0.5) is 0 Å². The van der Waals surface area contributed by atoms with Crippen molar-refractivity contribution < 1.29 is 0 Å². The van der Waals surface area contributed by atoms with Gasteiger partial charge in [0.25, 0.3) is 0 Å². The van der Waals surface area contributed by atoms with E-state index in [0.717, 1.165) is 13.0 Å². The molecule has 1 atom stereocenters. The van der Waals surface area contributed by atoms with Gasteiger partial charge in [-0.25, -0.2) is 0 Å². The lowest BCUT2D eigenvalue weighted by Crippen LogP contribution is -2.04. The third-order valence-electron chi connectivity index (χ3n) is 2.59. The fourth-order valence-corrected chi connectivity index (χ4v) is 2.36. The third kappa shape index (κ3) is 3.10. The molecule has 0 saturated heterocycles. The smallest absolute Gasteiger partial charge is 0.0210 e. The molecule has 78 valence electrons. The summed E-state index contributed by atoms with van der Waals surface area (Å²) in [5.41, 5.74) is 6.96. The average molecular weight is 256 g/mol. The molecule has 2 heteroatoms. The summed E-state index contributed by atoms with van der Waals surface area (Å²) >= 11 is 3.60. The Kier molecular flexibility index (Phi) is 5.20. The van der Waals surface area contributed by atoms with Crippen molar-refractivity contribution in [3.63, 3.8) is 0 Å². The fourth-order valence-electron chi connectivity index (χ4n) is 1.75. The van der Waals surface area contributed by atoms with Gasteiger partial charge in [-0.15, -0.1) is 0 Å². The highest BCUT2D eigenvalue weighted by molar-refractivity contribution is 9.10. The van der Waals surface area contributed by atoms with E-state index in [1.165, 1.54) is 22.9 Å². The molecule has 0 heterocycles. The molecule has 1 unspecified atom stereocenters. The quantitative estimate of drug-likeness (QED) is 0.854. The first kappa shape index (κ1) is 11.7. The molecule has 0 saturated carbocycles. The lowest BCUT2D eigenvalue weighted by Gasteiger charge is -2.16. The van der Waals surface area contributed by atoms with Gasteiger partial charge in [0.1, 0.15) is 0 Å². The number of nitrogens with two attached hydrogens (primary N) is 1. The molecule has 0 aliphatic rings. The minimum absolute atomic E-state index is 0.647. The van der Waals surface area contributed by atoms with Gasteiger partial charge in [0.15, 0.2) is 0 Å². The Morgan fingerprint density at radius 3 is 2.64 bits per heavy atom. The van der Waals surface area contributed by atoms with Crippen LogP contribution in [0.15, 0.2) is 28.7 Å². The Morgan fingerprint density at radius 2 is 2.07 bits per heavy atom. The lowest BCUT2D eigenvalue weighted by molar-refractivity contribution is 0.579. The predicted octanol–water partition coefficient (Wildman–Crippen LogP) is 3.68. The van der Waals surface area contributed by atoms with Gasteiger partial charge >= 0.3 is 0 Å². The van der Waals surface area contributed by atoms with Crippen molar-refractivity contribution >= 4 is 15.9 Å². The summed E-state index contributed by atoms with van der Waals surface area (Å²) in [7, 11) is 0. The summed E-state index contributed by atoms with van der Waals surface area (Å²) < 4.78 is 1.23. The summed E-state index contributed by atoms with van der Waals surface area (Å²) in [6, 6.07) is 8.48. The average Bonchev–Trinajstić information content (AvgIpc) is 2.21. The van der Waals surface area contributed by atoms with Crippen molar-refractivity contribution in [3.05, 3.63) is 34.3 Å². The number of benzene rings is 1. The molecule has 0 spiro atoms. The second kappa shape index (κ2) is 6.20. The van der Waals surface area contributed by atoms with Crippen LogP contribution in [0.2, 0.25) is 0 Å². The Bertz CT molecular complexity index is 273. The van der Waals surface area contributed by atoms with E-state index in [0.29, 0.717) is 5.92 Å². The van der Waals surface area contributed by atoms with Crippen LogP contribution in [0.1, 0.15) is 37.7 Å². The van der Waals surface area contributed by atoms with Crippen molar-refractivity contribution in [3.8, 4) is 0 Å². The number of hydrogen-bond acceptors (Lipinski definition) is 1. The summed E-state index contributed by atoms with van der Waals surface area (Å²) in [5.74, 6) is 0.647. The van der Waals surface area contributed by atoms with E-state index in [9.17, 15) is 0 Å². The highest BCUT2D eigenvalue weighted by Crippen LogP contribution is 2.30. The molecule has 0 aromatic heterocycles. The lowest BCUT2D eigenvalue weighted by atomic mass is 9.92. The van der Waals surface area contributed by atoms with Crippen LogP contribution in [0, 0.1) is 0 Å². The first-order valence-electron chi connectivity index (χ1n) is 5.24. The Labute approximate surface area is 94.8 Å². The largest absolute Gasteiger partial charge is 0.330 e. The van der Waals surface area contributed by atoms with E-state index in [1.807, 2.05) is 0 Å². The molecule has 1 aromatic carbocycles. The summed E-state index contributed by atoms with van der Waals surface area (Å²) in [4.78, 5) is 0. The van der Waals surface area contributed by atoms with Crippen molar-refractivity contribution in [2.75, 3.05) is 6.54 Å². The SMILES string of the molecule is CCC(CCCN)c1ccccc1Br. The maximum Gasteiger partial charge on any atom is 0.0210 e. The number of rotatable bonds is 5. The molecular formula is C12H18BrN. The number of halogens is 1. The van der Waals surface area contributed by atoms with E-state index < -0.39 is 0 Å². The zero-order valence-electron chi connectivity index (χ0n) is 8.67. The molecule has 0 aliphatic heterocycles. The highest BCUT2D eigenvalue weighted by atomic mass is 79.9. The molecule has 1 aromatic rings. The number of hydrogen-bond donors (Lipinski definition) is 1. The van der Waals surface area contributed by atoms with Crippen molar-refractivity contribution in [1.82, 2.24) is 0 Å². The molecule has 1 rings (SSSR count). The van der Waals surface area contributed by atoms with Crippen molar-refractivity contribution in [2.24, 2.45) is 5.73 Å². The third-order valence-corrected chi connectivity index (χ3v) is 3.32. The van der Waals surface area contributed by atoms with Crippen molar-refractivity contribution in [2.45, 2.75) is 32.1 Å². The molecule has 1 nitrogen and oxygen atoms in total. The van der Waals surface area contributed by atoms with Crippen LogP contribution in [-0.2, 0) is 0 Å². The standard InChI is InChI=1S/C12H18BrN/c1-2-10(6-5-9-14)11-7-3-4-8-12(11)13/h3-4,7-8,10H,2,5-6,9,14H2,1H3. The van der Waals surface area contributed by atoms with Crippen LogP contribution in [0.25, 0.3) is 0 Å². The maximum absolute atomic E-state index is 5.54. The van der Waals surface area contributed by atoms with Crippen LogP contribution < -0.4 is 5.73 Å². The molecule has 14 heavy (non-hydrogen) atoms. The predicted molar refractivity (Wildman–Crippen MR) is 65.5 cm³/mol. The van der Waals surface area contributed by atoms with Gasteiger partial charge in [0.05, 0.1) is 0 Å². The van der Waals surface area contributed by atoms with E-state index in [2.05, 4.69) is 47.1 Å². The van der Waals surface area contributed by atoms with Gasteiger partial charge in [0.2, 0.25) is 0 Å². The first-order chi connectivity index (χ1) is 6.79. The van der Waals surface area contributed by atoms with Gasteiger partial charge in [-0.3, -0.25) is 0 Å². The minimum atomic E-state index is 0.647. The highest BCUT2D eigenvalue weighted by Gasteiger charge is 2.10. The van der Waals surface area contributed by atoms with Gasteiger partial charge in [0, 0.05) is 4.47 Å². The van der Waals surface area contributed by atoms with Crippen LogP contribution in [0.5, 0.6) is 0 Å². The second-order valence-electron chi connectivity index (χ2n) is 3.56. The molecule has 0 amide bonds. The topological polar surface area (TPSA) is 26.0 Å². The van der Waals surface area contributed by atoms with Gasteiger partial charge in [-0.05, 0) is 43.4 Å². The fraction of sp³-hybridized carbons (Fsp3) is 0.500. The van der Waals surface area contributed by atoms with E-state index in [-0.39, 0.29) is 0 Å². The van der Waals surface area contributed by atoms with Crippen LogP contribution in [-0.4, -0.2) is 6.54 Å². The monoisotopic (exact) mass is 255 g/mol. The molecule has 0 radical (unpaired) electrons. The van der Waals surface area contributed by atoms with Gasteiger partial charge in [-0.2, -0.15) is 0 Å². The van der Waals surface area contributed by atoms with E-state index in [4.69, 9.17) is 5.73 Å². The summed E-state index contributed by atoms with van der Waals surface area (Å²) in [6.07, 6.45) is 3.48. The van der Waals surface area contributed by atoms with Crippen molar-refractivity contribution in [1.29, 1.82) is 0 Å². The Balaban J connectivity index is 2.73. The first-order valence-corrected chi connectivity index (χ1v) is 6.03.